The van der Waals surface area contributed by atoms with E-state index in [1.54, 1.807) is 6.33 Å². The second-order valence-electron chi connectivity index (χ2n) is 8.28. The first kappa shape index (κ1) is 17.6. The molecule has 2 amide bonds. The maximum atomic E-state index is 13.0. The van der Waals surface area contributed by atoms with Crippen molar-refractivity contribution in [1.82, 2.24) is 25.1 Å². The SMILES string of the molecule is O=C(N[C@@H]1[C@@H]2CC[C@H]1N(Cc1ccccc1)C2)N1CCc2cncnc2CC1. The lowest BCUT2D eigenvalue weighted by Crippen LogP contribution is -2.49. The average Bonchev–Trinajstić information content (AvgIpc) is 3.16. The Hall–Kier alpha value is -2.47. The maximum absolute atomic E-state index is 13.0. The van der Waals surface area contributed by atoms with E-state index in [9.17, 15) is 4.79 Å². The Morgan fingerprint density at radius 2 is 2.00 bits per heavy atom. The number of aromatic nitrogens is 2. The number of nitrogens with zero attached hydrogens (tertiary/aromatic N) is 4. The summed E-state index contributed by atoms with van der Waals surface area (Å²) in [6.45, 7) is 3.53. The number of piperidine rings is 1. The van der Waals surface area contributed by atoms with Crippen LogP contribution in [-0.4, -0.2) is 57.5 Å². The molecule has 6 heteroatoms. The third-order valence-corrected chi connectivity index (χ3v) is 6.65. The van der Waals surface area contributed by atoms with E-state index >= 15 is 0 Å². The zero-order valence-corrected chi connectivity index (χ0v) is 16.1. The van der Waals surface area contributed by atoms with Crippen LogP contribution in [0.4, 0.5) is 4.79 Å². The molecule has 3 aliphatic rings. The topological polar surface area (TPSA) is 61.4 Å². The first-order valence-electron chi connectivity index (χ1n) is 10.4. The number of urea groups is 1. The lowest BCUT2D eigenvalue weighted by Gasteiger charge is -2.28. The van der Waals surface area contributed by atoms with Gasteiger partial charge in [0.2, 0.25) is 0 Å². The van der Waals surface area contributed by atoms with Crippen LogP contribution in [0.25, 0.3) is 0 Å². The van der Waals surface area contributed by atoms with Crippen molar-refractivity contribution in [1.29, 1.82) is 0 Å². The van der Waals surface area contributed by atoms with Gasteiger partial charge >= 0.3 is 6.03 Å². The summed E-state index contributed by atoms with van der Waals surface area (Å²) in [5.41, 5.74) is 3.61. The smallest absolute Gasteiger partial charge is 0.317 e. The minimum absolute atomic E-state index is 0.0872. The predicted molar refractivity (Wildman–Crippen MR) is 107 cm³/mol. The average molecular weight is 377 g/mol. The standard InChI is InChI=1S/C22H27N5O/c28-22(26-10-8-17-12-23-15-24-19(17)9-11-26)25-21-18-6-7-20(21)27(14-18)13-16-4-2-1-3-5-16/h1-5,12,15,18,20-21H,6-11,13-14H2,(H,25,28)/t18-,20-,21-/m1/s1. The fourth-order valence-electron chi connectivity index (χ4n) is 5.19. The molecule has 2 bridgehead atoms. The molecule has 1 saturated heterocycles. The van der Waals surface area contributed by atoms with Crippen LogP contribution < -0.4 is 5.32 Å². The Bertz CT molecular complexity index is 815. The number of benzene rings is 1. The lowest BCUT2D eigenvalue weighted by atomic mass is 10.1. The zero-order chi connectivity index (χ0) is 18.9. The Labute approximate surface area is 166 Å². The molecule has 28 heavy (non-hydrogen) atoms. The first-order chi connectivity index (χ1) is 13.8. The number of carbonyl (C=O) groups excluding carboxylic acids is 1. The highest BCUT2D eigenvalue weighted by atomic mass is 16.2. The van der Waals surface area contributed by atoms with Gasteiger partial charge in [-0.1, -0.05) is 30.3 Å². The van der Waals surface area contributed by atoms with E-state index < -0.39 is 0 Å². The Kier molecular flexibility index (Phi) is 4.72. The highest BCUT2D eigenvalue weighted by molar-refractivity contribution is 5.75. The number of fused-ring (bicyclic) bond motifs is 3. The van der Waals surface area contributed by atoms with Gasteiger partial charge in [-0.2, -0.15) is 0 Å². The monoisotopic (exact) mass is 377 g/mol. The number of rotatable bonds is 3. The minimum Gasteiger partial charge on any atom is -0.333 e. The number of likely N-dealkylation sites (tertiary alicyclic amines) is 1. The van der Waals surface area contributed by atoms with E-state index in [2.05, 4.69) is 50.5 Å². The molecule has 146 valence electrons. The number of amides is 2. The minimum atomic E-state index is 0.0872. The molecule has 2 aromatic rings. The second-order valence-corrected chi connectivity index (χ2v) is 8.28. The number of nitrogens with one attached hydrogen (secondary N) is 1. The molecule has 1 aromatic heterocycles. The summed E-state index contributed by atoms with van der Waals surface area (Å²) in [7, 11) is 0. The van der Waals surface area contributed by atoms with Gasteiger partial charge in [0.05, 0.1) is 6.04 Å². The molecule has 5 rings (SSSR count). The van der Waals surface area contributed by atoms with Crippen LogP contribution in [0.15, 0.2) is 42.9 Å². The van der Waals surface area contributed by atoms with Crippen LogP contribution in [0.1, 0.15) is 29.7 Å². The Morgan fingerprint density at radius 1 is 1.14 bits per heavy atom. The molecule has 0 unspecified atom stereocenters. The molecular formula is C22H27N5O. The van der Waals surface area contributed by atoms with Crippen molar-refractivity contribution in [2.24, 2.45) is 5.92 Å². The van der Waals surface area contributed by atoms with Crippen molar-refractivity contribution < 1.29 is 4.79 Å². The van der Waals surface area contributed by atoms with Crippen molar-refractivity contribution in [3.8, 4) is 0 Å². The third-order valence-electron chi connectivity index (χ3n) is 6.65. The third kappa shape index (κ3) is 3.37. The van der Waals surface area contributed by atoms with Crippen LogP contribution in [-0.2, 0) is 19.4 Å². The van der Waals surface area contributed by atoms with E-state index in [1.807, 2.05) is 11.1 Å². The fourth-order valence-corrected chi connectivity index (χ4v) is 5.19. The molecule has 6 nitrogen and oxygen atoms in total. The van der Waals surface area contributed by atoms with E-state index in [4.69, 9.17) is 0 Å². The summed E-state index contributed by atoms with van der Waals surface area (Å²) in [6, 6.07) is 11.5. The highest BCUT2D eigenvalue weighted by Gasteiger charge is 2.47. The lowest BCUT2D eigenvalue weighted by molar-refractivity contribution is 0.185. The van der Waals surface area contributed by atoms with Gasteiger partial charge in [0.15, 0.2) is 0 Å². The summed E-state index contributed by atoms with van der Waals surface area (Å²) < 4.78 is 0. The van der Waals surface area contributed by atoms with Gasteiger partial charge in [-0.15, -0.1) is 0 Å². The summed E-state index contributed by atoms with van der Waals surface area (Å²) in [5, 5.41) is 3.39. The molecule has 3 heterocycles. The Morgan fingerprint density at radius 3 is 2.89 bits per heavy atom. The number of hydrogen-bond acceptors (Lipinski definition) is 4. The van der Waals surface area contributed by atoms with Crippen LogP contribution >= 0.6 is 0 Å². The van der Waals surface area contributed by atoms with E-state index in [0.717, 1.165) is 44.7 Å². The first-order valence-corrected chi connectivity index (χ1v) is 10.4. The molecule has 0 spiro atoms. The summed E-state index contributed by atoms with van der Waals surface area (Å²) in [6.07, 6.45) is 7.55. The van der Waals surface area contributed by atoms with Crippen LogP contribution in [0.5, 0.6) is 0 Å². The Balaban J connectivity index is 1.21. The quantitative estimate of drug-likeness (QED) is 0.891. The largest absolute Gasteiger partial charge is 0.333 e. The summed E-state index contributed by atoms with van der Waals surface area (Å²) in [5.74, 6) is 0.577. The van der Waals surface area contributed by atoms with Crippen molar-refractivity contribution in [3.63, 3.8) is 0 Å². The zero-order valence-electron chi connectivity index (χ0n) is 16.1. The molecule has 1 aromatic carbocycles. The van der Waals surface area contributed by atoms with Gasteiger partial charge in [-0.05, 0) is 36.3 Å². The van der Waals surface area contributed by atoms with Crippen molar-refractivity contribution in [2.75, 3.05) is 19.6 Å². The predicted octanol–water partition coefficient (Wildman–Crippen LogP) is 2.25. The van der Waals surface area contributed by atoms with E-state index in [1.165, 1.54) is 24.0 Å². The van der Waals surface area contributed by atoms with Gasteiger partial charge in [0, 0.05) is 50.5 Å². The maximum Gasteiger partial charge on any atom is 0.317 e. The van der Waals surface area contributed by atoms with Gasteiger partial charge in [0.1, 0.15) is 6.33 Å². The van der Waals surface area contributed by atoms with Crippen molar-refractivity contribution >= 4 is 6.03 Å². The summed E-state index contributed by atoms with van der Waals surface area (Å²) in [4.78, 5) is 26.0. The molecule has 1 aliphatic carbocycles. The van der Waals surface area contributed by atoms with Crippen LogP contribution in [0.3, 0.4) is 0 Å². The molecule has 1 N–H and O–H groups in total. The molecule has 0 radical (unpaired) electrons. The molecule has 2 aliphatic heterocycles. The number of carbonyl (C=O) groups is 1. The van der Waals surface area contributed by atoms with Gasteiger partial charge < -0.3 is 10.2 Å². The summed E-state index contributed by atoms with van der Waals surface area (Å²) >= 11 is 0. The van der Waals surface area contributed by atoms with E-state index in [0.29, 0.717) is 12.0 Å². The van der Waals surface area contributed by atoms with Crippen LogP contribution in [0, 0.1) is 5.92 Å². The van der Waals surface area contributed by atoms with E-state index in [-0.39, 0.29) is 12.1 Å². The fraction of sp³-hybridized carbons (Fsp3) is 0.500. The normalized spacial score (nSPS) is 26.7. The second kappa shape index (κ2) is 7.51. The number of hydrogen-bond donors (Lipinski definition) is 1. The molecule has 2 fully saturated rings. The van der Waals surface area contributed by atoms with Crippen molar-refractivity contribution in [2.45, 2.75) is 44.3 Å². The molecule has 1 saturated carbocycles. The molecule has 3 atom stereocenters. The van der Waals surface area contributed by atoms with Gasteiger partial charge in [-0.25, -0.2) is 14.8 Å². The van der Waals surface area contributed by atoms with Crippen molar-refractivity contribution in [3.05, 3.63) is 59.7 Å². The van der Waals surface area contributed by atoms with Gasteiger partial charge in [-0.3, -0.25) is 4.90 Å². The molecular weight excluding hydrogens is 350 g/mol. The highest BCUT2D eigenvalue weighted by Crippen LogP contribution is 2.38. The van der Waals surface area contributed by atoms with Crippen LogP contribution in [0.2, 0.25) is 0 Å². The van der Waals surface area contributed by atoms with Gasteiger partial charge in [0.25, 0.3) is 0 Å².